The van der Waals surface area contributed by atoms with Crippen LogP contribution in [0.15, 0.2) is 0 Å². The first-order valence-corrected chi connectivity index (χ1v) is 6.48. The second-order valence-corrected chi connectivity index (χ2v) is 5.78. The third-order valence-corrected chi connectivity index (χ3v) is 3.38. The van der Waals surface area contributed by atoms with Gasteiger partial charge in [-0.1, -0.05) is 19.3 Å². The number of hydrogen-bond donors (Lipinski definition) is 1. The molecule has 1 amide bonds. The van der Waals surface area contributed by atoms with Gasteiger partial charge in [0, 0.05) is 24.5 Å². The van der Waals surface area contributed by atoms with Gasteiger partial charge < -0.3 is 10.6 Å². The van der Waals surface area contributed by atoms with E-state index in [-0.39, 0.29) is 11.5 Å². The highest BCUT2D eigenvalue weighted by Crippen LogP contribution is 2.27. The highest BCUT2D eigenvalue weighted by Gasteiger charge is 2.31. The Kier molecular flexibility index (Phi) is 4.78. The molecule has 3 heteroatoms. The first-order valence-electron chi connectivity index (χ1n) is 6.48. The molecule has 16 heavy (non-hydrogen) atoms. The molecule has 0 aliphatic heterocycles. The second-order valence-electron chi connectivity index (χ2n) is 5.78. The summed E-state index contributed by atoms with van der Waals surface area (Å²) in [6.45, 7) is 7.49. The average molecular weight is 226 g/mol. The highest BCUT2D eigenvalue weighted by atomic mass is 16.2. The summed E-state index contributed by atoms with van der Waals surface area (Å²) in [5.74, 6) is 0.567. The Hall–Kier alpha value is -0.570. The number of amides is 1. The van der Waals surface area contributed by atoms with Crippen LogP contribution in [0.4, 0.5) is 0 Å². The first kappa shape index (κ1) is 13.5. The van der Waals surface area contributed by atoms with Crippen molar-refractivity contribution >= 4 is 5.91 Å². The summed E-state index contributed by atoms with van der Waals surface area (Å²) in [5.41, 5.74) is 5.50. The summed E-state index contributed by atoms with van der Waals surface area (Å²) in [6.07, 6.45) is 5.83. The van der Waals surface area contributed by atoms with Crippen molar-refractivity contribution in [3.63, 3.8) is 0 Å². The van der Waals surface area contributed by atoms with Gasteiger partial charge in [-0.25, -0.2) is 0 Å². The lowest BCUT2D eigenvalue weighted by Crippen LogP contribution is -2.50. The van der Waals surface area contributed by atoms with Crippen LogP contribution in [0.3, 0.4) is 0 Å². The molecular formula is C13H26N2O. The van der Waals surface area contributed by atoms with E-state index in [1.807, 2.05) is 4.90 Å². The lowest BCUT2D eigenvalue weighted by molar-refractivity contribution is -0.141. The summed E-state index contributed by atoms with van der Waals surface area (Å²) in [6, 6.07) is 0. The Morgan fingerprint density at radius 1 is 1.25 bits per heavy atom. The number of rotatable bonds is 3. The quantitative estimate of drug-likeness (QED) is 0.801. The van der Waals surface area contributed by atoms with Crippen LogP contribution in [0, 0.1) is 5.92 Å². The Balaban J connectivity index is 2.66. The Labute approximate surface area is 99.4 Å². The molecule has 1 saturated carbocycles. The fraction of sp³-hybridized carbons (Fsp3) is 0.923. The molecule has 1 fully saturated rings. The van der Waals surface area contributed by atoms with E-state index < -0.39 is 0 Å². The third kappa shape index (κ3) is 3.48. The minimum Gasteiger partial charge on any atom is -0.336 e. The van der Waals surface area contributed by atoms with Gasteiger partial charge >= 0.3 is 0 Å². The van der Waals surface area contributed by atoms with Crippen molar-refractivity contribution in [2.75, 3.05) is 13.1 Å². The largest absolute Gasteiger partial charge is 0.336 e. The van der Waals surface area contributed by atoms with Crippen LogP contribution >= 0.6 is 0 Å². The zero-order valence-corrected chi connectivity index (χ0v) is 11.0. The van der Waals surface area contributed by atoms with Gasteiger partial charge in [-0.3, -0.25) is 4.79 Å². The van der Waals surface area contributed by atoms with Crippen LogP contribution in [0.5, 0.6) is 0 Å². The molecule has 0 unspecified atom stereocenters. The normalized spacial score (nSPS) is 18.5. The zero-order chi connectivity index (χ0) is 12.2. The first-order chi connectivity index (χ1) is 7.46. The van der Waals surface area contributed by atoms with Gasteiger partial charge in [0.1, 0.15) is 0 Å². The maximum absolute atomic E-state index is 12.4. The fourth-order valence-corrected chi connectivity index (χ4v) is 2.48. The SMILES string of the molecule is CC(C)(C)N(CCN)C(=O)C1CCCCC1. The van der Waals surface area contributed by atoms with Crippen molar-refractivity contribution in [2.24, 2.45) is 11.7 Å². The minimum atomic E-state index is -0.103. The smallest absolute Gasteiger partial charge is 0.226 e. The van der Waals surface area contributed by atoms with E-state index in [0.29, 0.717) is 19.0 Å². The Bertz CT molecular complexity index is 227. The number of nitrogens with zero attached hydrogens (tertiary/aromatic N) is 1. The standard InChI is InChI=1S/C13H26N2O/c1-13(2,3)15(10-9-14)12(16)11-7-5-4-6-8-11/h11H,4-10,14H2,1-3H3. The average Bonchev–Trinajstić information content (AvgIpc) is 2.25. The predicted octanol–water partition coefficient (Wildman–Crippen LogP) is 2.15. The summed E-state index contributed by atoms with van der Waals surface area (Å²) in [4.78, 5) is 14.4. The summed E-state index contributed by atoms with van der Waals surface area (Å²) in [5, 5.41) is 0. The van der Waals surface area contributed by atoms with Crippen LogP contribution in [0.2, 0.25) is 0 Å². The monoisotopic (exact) mass is 226 g/mol. The molecule has 0 bridgehead atoms. The van der Waals surface area contributed by atoms with Crippen LogP contribution in [-0.4, -0.2) is 29.4 Å². The van der Waals surface area contributed by atoms with Crippen molar-refractivity contribution in [3.05, 3.63) is 0 Å². The van der Waals surface area contributed by atoms with Gasteiger partial charge in [0.25, 0.3) is 0 Å². The maximum atomic E-state index is 12.4. The topological polar surface area (TPSA) is 46.3 Å². The molecule has 0 atom stereocenters. The van der Waals surface area contributed by atoms with Gasteiger partial charge in [-0.05, 0) is 33.6 Å². The predicted molar refractivity (Wildman–Crippen MR) is 67.1 cm³/mol. The second kappa shape index (κ2) is 5.67. The van der Waals surface area contributed by atoms with Gasteiger partial charge in [0.15, 0.2) is 0 Å². The van der Waals surface area contributed by atoms with Crippen LogP contribution in [0.1, 0.15) is 52.9 Å². The molecule has 0 aromatic carbocycles. The van der Waals surface area contributed by atoms with Crippen LogP contribution in [0.25, 0.3) is 0 Å². The molecule has 0 aromatic heterocycles. The van der Waals surface area contributed by atoms with Crippen LogP contribution in [-0.2, 0) is 4.79 Å². The Morgan fingerprint density at radius 3 is 2.25 bits per heavy atom. The van der Waals surface area contributed by atoms with E-state index in [1.165, 1.54) is 19.3 Å². The number of carbonyl (C=O) groups is 1. The molecule has 0 spiro atoms. The molecular weight excluding hydrogens is 200 g/mol. The van der Waals surface area contributed by atoms with Crippen LogP contribution < -0.4 is 5.73 Å². The van der Waals surface area contributed by atoms with Crippen molar-refractivity contribution in [2.45, 2.75) is 58.4 Å². The van der Waals surface area contributed by atoms with Crippen molar-refractivity contribution in [1.29, 1.82) is 0 Å². The molecule has 0 aromatic rings. The number of nitrogens with two attached hydrogens (primary N) is 1. The maximum Gasteiger partial charge on any atom is 0.226 e. The van der Waals surface area contributed by atoms with E-state index in [9.17, 15) is 4.79 Å². The third-order valence-electron chi connectivity index (χ3n) is 3.38. The van der Waals surface area contributed by atoms with E-state index >= 15 is 0 Å². The zero-order valence-electron chi connectivity index (χ0n) is 11.0. The molecule has 0 heterocycles. The molecule has 3 nitrogen and oxygen atoms in total. The van der Waals surface area contributed by atoms with Gasteiger partial charge in [0.05, 0.1) is 0 Å². The van der Waals surface area contributed by atoms with Crippen molar-refractivity contribution < 1.29 is 4.79 Å². The van der Waals surface area contributed by atoms with E-state index in [1.54, 1.807) is 0 Å². The van der Waals surface area contributed by atoms with Gasteiger partial charge in [-0.2, -0.15) is 0 Å². The molecule has 0 saturated heterocycles. The lowest BCUT2D eigenvalue weighted by atomic mass is 9.87. The van der Waals surface area contributed by atoms with E-state index in [0.717, 1.165) is 12.8 Å². The molecule has 2 N–H and O–H groups in total. The molecule has 94 valence electrons. The Morgan fingerprint density at radius 2 is 1.81 bits per heavy atom. The van der Waals surface area contributed by atoms with Gasteiger partial charge in [-0.15, -0.1) is 0 Å². The molecule has 1 aliphatic carbocycles. The molecule has 1 rings (SSSR count). The number of carbonyl (C=O) groups excluding carboxylic acids is 1. The summed E-state index contributed by atoms with van der Waals surface area (Å²) < 4.78 is 0. The molecule has 0 radical (unpaired) electrons. The van der Waals surface area contributed by atoms with E-state index in [2.05, 4.69) is 20.8 Å². The van der Waals surface area contributed by atoms with Crippen molar-refractivity contribution in [1.82, 2.24) is 4.90 Å². The minimum absolute atomic E-state index is 0.103. The van der Waals surface area contributed by atoms with Gasteiger partial charge in [0.2, 0.25) is 5.91 Å². The fourth-order valence-electron chi connectivity index (χ4n) is 2.48. The number of hydrogen-bond acceptors (Lipinski definition) is 2. The summed E-state index contributed by atoms with van der Waals surface area (Å²) in [7, 11) is 0. The summed E-state index contributed by atoms with van der Waals surface area (Å²) >= 11 is 0. The van der Waals surface area contributed by atoms with E-state index in [4.69, 9.17) is 5.73 Å². The highest BCUT2D eigenvalue weighted by molar-refractivity contribution is 5.79. The lowest BCUT2D eigenvalue weighted by Gasteiger charge is -2.38. The van der Waals surface area contributed by atoms with Crippen molar-refractivity contribution in [3.8, 4) is 0 Å². The molecule has 1 aliphatic rings.